The molecule has 0 amide bonds. The summed E-state index contributed by atoms with van der Waals surface area (Å²) < 4.78 is 4.93. The number of rotatable bonds is 5. The molecule has 0 aliphatic carbocycles. The minimum Gasteiger partial charge on any atom is -0.462 e. The normalized spacial score (nSPS) is 12.8. The zero-order chi connectivity index (χ0) is 15.4. The number of nitrogens with zero attached hydrogens (tertiary/aromatic N) is 1. The van der Waals surface area contributed by atoms with Crippen LogP contribution in [0.15, 0.2) is 36.5 Å². The monoisotopic (exact) mass is 297 g/mol. The van der Waals surface area contributed by atoms with Crippen molar-refractivity contribution >= 4 is 11.8 Å². The van der Waals surface area contributed by atoms with Crippen molar-refractivity contribution in [1.29, 1.82) is 0 Å². The van der Waals surface area contributed by atoms with Gasteiger partial charge >= 0.3 is 5.97 Å². The van der Waals surface area contributed by atoms with Crippen LogP contribution < -0.4 is 10.6 Å². The van der Waals surface area contributed by atoms with Gasteiger partial charge in [-0.05, 0) is 35.7 Å². The maximum absolute atomic E-state index is 11.6. The molecule has 2 N–H and O–H groups in total. The second-order valence-electron chi connectivity index (χ2n) is 5.21. The summed E-state index contributed by atoms with van der Waals surface area (Å²) in [5.74, 6) is 0.402. The molecule has 22 heavy (non-hydrogen) atoms. The number of fused-ring (bicyclic) bond motifs is 1. The van der Waals surface area contributed by atoms with Crippen LogP contribution in [0, 0.1) is 0 Å². The highest BCUT2D eigenvalue weighted by atomic mass is 16.5. The largest absolute Gasteiger partial charge is 0.462 e. The van der Waals surface area contributed by atoms with Crippen molar-refractivity contribution in [2.24, 2.45) is 0 Å². The first-order valence-electron chi connectivity index (χ1n) is 7.44. The van der Waals surface area contributed by atoms with E-state index in [0.717, 1.165) is 18.9 Å². The van der Waals surface area contributed by atoms with Gasteiger partial charge in [0.05, 0.1) is 12.2 Å². The molecule has 2 aromatic rings. The molecule has 5 heteroatoms. The molecule has 114 valence electrons. The van der Waals surface area contributed by atoms with E-state index in [9.17, 15) is 4.79 Å². The third kappa shape index (κ3) is 3.26. The van der Waals surface area contributed by atoms with Crippen LogP contribution in [-0.2, 0) is 24.4 Å². The number of aromatic nitrogens is 1. The molecule has 0 spiro atoms. The Labute approximate surface area is 129 Å². The van der Waals surface area contributed by atoms with Gasteiger partial charge in [-0.3, -0.25) is 0 Å². The van der Waals surface area contributed by atoms with Crippen LogP contribution >= 0.6 is 0 Å². The van der Waals surface area contributed by atoms with Crippen LogP contribution in [0.2, 0.25) is 0 Å². The number of nitrogens with one attached hydrogen (secondary N) is 2. The van der Waals surface area contributed by atoms with E-state index in [1.165, 1.54) is 22.9 Å². The average Bonchev–Trinajstić information content (AvgIpc) is 3.01. The standard InChI is InChI=1S/C17H19N3O2/c1-2-22-17(21)14-5-6-16(20-11-14)19-8-12-3-4-13-9-18-10-15(13)7-12/h3-7,11,18H,2,8-10H2,1H3,(H,19,20). The molecule has 1 aliphatic heterocycles. The fraction of sp³-hybridized carbons (Fsp3) is 0.294. The summed E-state index contributed by atoms with van der Waals surface area (Å²) in [5.41, 5.74) is 4.43. The Hall–Kier alpha value is -2.40. The Bertz CT molecular complexity index is 668. The van der Waals surface area contributed by atoms with Gasteiger partial charge in [-0.15, -0.1) is 0 Å². The lowest BCUT2D eigenvalue weighted by Crippen LogP contribution is -2.06. The Balaban J connectivity index is 1.60. The number of pyridine rings is 1. The van der Waals surface area contributed by atoms with E-state index in [1.807, 2.05) is 0 Å². The smallest absolute Gasteiger partial charge is 0.339 e. The van der Waals surface area contributed by atoms with E-state index in [0.29, 0.717) is 18.7 Å². The lowest BCUT2D eigenvalue weighted by Gasteiger charge is -2.08. The van der Waals surface area contributed by atoms with Crippen molar-refractivity contribution in [2.45, 2.75) is 26.6 Å². The molecule has 2 heterocycles. The quantitative estimate of drug-likeness (QED) is 0.830. The number of carbonyl (C=O) groups is 1. The Morgan fingerprint density at radius 2 is 2.14 bits per heavy atom. The molecule has 0 saturated heterocycles. The third-order valence-corrected chi connectivity index (χ3v) is 3.65. The fourth-order valence-electron chi connectivity index (χ4n) is 2.48. The van der Waals surface area contributed by atoms with Crippen LogP contribution in [0.4, 0.5) is 5.82 Å². The predicted molar refractivity (Wildman–Crippen MR) is 84.5 cm³/mol. The molecule has 3 rings (SSSR count). The third-order valence-electron chi connectivity index (χ3n) is 3.65. The predicted octanol–water partition coefficient (Wildman–Crippen LogP) is 2.47. The number of esters is 1. The van der Waals surface area contributed by atoms with E-state index in [1.54, 1.807) is 19.1 Å². The molecule has 1 aromatic carbocycles. The zero-order valence-corrected chi connectivity index (χ0v) is 12.6. The number of hydrogen-bond donors (Lipinski definition) is 2. The molecule has 1 aliphatic rings. The van der Waals surface area contributed by atoms with Crippen LogP contribution in [0.3, 0.4) is 0 Å². The maximum Gasteiger partial charge on any atom is 0.339 e. The van der Waals surface area contributed by atoms with Gasteiger partial charge in [-0.2, -0.15) is 0 Å². The Morgan fingerprint density at radius 1 is 1.27 bits per heavy atom. The summed E-state index contributed by atoms with van der Waals surface area (Å²) >= 11 is 0. The second-order valence-corrected chi connectivity index (χ2v) is 5.21. The molecular weight excluding hydrogens is 278 g/mol. The van der Waals surface area contributed by atoms with Gasteiger partial charge in [0.15, 0.2) is 0 Å². The first-order valence-corrected chi connectivity index (χ1v) is 7.44. The van der Waals surface area contributed by atoms with Crippen molar-refractivity contribution in [3.8, 4) is 0 Å². The summed E-state index contributed by atoms with van der Waals surface area (Å²) in [4.78, 5) is 15.8. The highest BCUT2D eigenvalue weighted by molar-refractivity contribution is 5.89. The maximum atomic E-state index is 11.6. The van der Waals surface area contributed by atoms with Crippen LogP contribution in [0.5, 0.6) is 0 Å². The summed E-state index contributed by atoms with van der Waals surface area (Å²) in [6.45, 7) is 4.76. The summed E-state index contributed by atoms with van der Waals surface area (Å²) in [6.07, 6.45) is 1.53. The number of benzene rings is 1. The van der Waals surface area contributed by atoms with Gasteiger partial charge in [0.25, 0.3) is 0 Å². The van der Waals surface area contributed by atoms with Gasteiger partial charge in [-0.1, -0.05) is 18.2 Å². The topological polar surface area (TPSA) is 63.2 Å². The summed E-state index contributed by atoms with van der Waals surface area (Å²) in [7, 11) is 0. The Kier molecular flexibility index (Phi) is 4.34. The lowest BCUT2D eigenvalue weighted by molar-refractivity contribution is 0.0526. The Morgan fingerprint density at radius 3 is 2.91 bits per heavy atom. The molecule has 0 bridgehead atoms. The highest BCUT2D eigenvalue weighted by Gasteiger charge is 2.10. The van der Waals surface area contributed by atoms with E-state index in [-0.39, 0.29) is 5.97 Å². The first-order chi connectivity index (χ1) is 10.8. The van der Waals surface area contributed by atoms with Crippen molar-refractivity contribution in [2.75, 3.05) is 11.9 Å². The van der Waals surface area contributed by atoms with E-state index >= 15 is 0 Å². The van der Waals surface area contributed by atoms with E-state index in [4.69, 9.17) is 4.74 Å². The van der Waals surface area contributed by atoms with Crippen molar-refractivity contribution in [1.82, 2.24) is 10.3 Å². The lowest BCUT2D eigenvalue weighted by atomic mass is 10.1. The van der Waals surface area contributed by atoms with Crippen molar-refractivity contribution in [3.05, 3.63) is 58.8 Å². The fourth-order valence-corrected chi connectivity index (χ4v) is 2.48. The molecule has 0 unspecified atom stereocenters. The van der Waals surface area contributed by atoms with Crippen molar-refractivity contribution in [3.63, 3.8) is 0 Å². The number of ether oxygens (including phenoxy) is 1. The molecule has 0 atom stereocenters. The number of carbonyl (C=O) groups excluding carboxylic acids is 1. The summed E-state index contributed by atoms with van der Waals surface area (Å²) in [6, 6.07) is 10.0. The molecule has 1 aromatic heterocycles. The van der Waals surface area contributed by atoms with Gasteiger partial charge in [-0.25, -0.2) is 9.78 Å². The second kappa shape index (κ2) is 6.58. The van der Waals surface area contributed by atoms with Gasteiger partial charge in [0, 0.05) is 25.8 Å². The summed E-state index contributed by atoms with van der Waals surface area (Å²) in [5, 5.41) is 6.61. The van der Waals surface area contributed by atoms with Gasteiger partial charge < -0.3 is 15.4 Å². The first kappa shape index (κ1) is 14.5. The molecule has 0 saturated carbocycles. The van der Waals surface area contributed by atoms with Crippen molar-refractivity contribution < 1.29 is 9.53 Å². The number of hydrogen-bond acceptors (Lipinski definition) is 5. The van der Waals surface area contributed by atoms with Crippen LogP contribution in [0.1, 0.15) is 34.0 Å². The molecule has 0 radical (unpaired) electrons. The molecule has 5 nitrogen and oxygen atoms in total. The molecule has 0 fully saturated rings. The average molecular weight is 297 g/mol. The molecular formula is C17H19N3O2. The van der Waals surface area contributed by atoms with E-state index in [2.05, 4.69) is 33.8 Å². The minimum absolute atomic E-state index is 0.340. The highest BCUT2D eigenvalue weighted by Crippen LogP contribution is 2.17. The number of anilines is 1. The SMILES string of the molecule is CCOC(=O)c1ccc(NCc2ccc3c(c2)CNC3)nc1. The van der Waals surface area contributed by atoms with E-state index < -0.39 is 0 Å². The minimum atomic E-state index is -0.340. The van der Waals surface area contributed by atoms with Gasteiger partial charge in [0.1, 0.15) is 5.82 Å². The van der Waals surface area contributed by atoms with Crippen LogP contribution in [0.25, 0.3) is 0 Å². The zero-order valence-electron chi connectivity index (χ0n) is 12.6. The van der Waals surface area contributed by atoms with Gasteiger partial charge in [0.2, 0.25) is 0 Å². The van der Waals surface area contributed by atoms with Crippen LogP contribution in [-0.4, -0.2) is 17.6 Å².